The molecule has 32 heavy (non-hydrogen) atoms. The molecule has 0 unspecified atom stereocenters. The van der Waals surface area contributed by atoms with Gasteiger partial charge in [0.05, 0.1) is 25.5 Å². The summed E-state index contributed by atoms with van der Waals surface area (Å²) in [6, 6.07) is 6.11. The van der Waals surface area contributed by atoms with Gasteiger partial charge in [0.25, 0.3) is 0 Å². The molecule has 5 aromatic rings. The number of hydrogen-bond donors (Lipinski definition) is 1. The molecular weight excluding hydrogens is 406 g/mol. The number of imidazole rings is 1. The van der Waals surface area contributed by atoms with Crippen LogP contribution in [0.3, 0.4) is 0 Å². The quantitative estimate of drug-likeness (QED) is 0.470. The summed E-state index contributed by atoms with van der Waals surface area (Å²) in [6.07, 6.45) is 5.44. The zero-order valence-electron chi connectivity index (χ0n) is 18.1. The number of nitrogens with zero attached hydrogens (tertiary/aromatic N) is 8. The molecule has 1 saturated heterocycles. The van der Waals surface area contributed by atoms with Gasteiger partial charge in [-0.25, -0.2) is 19.9 Å². The van der Waals surface area contributed by atoms with Crippen LogP contribution in [0, 0.1) is 6.92 Å². The maximum absolute atomic E-state index is 5.68. The third kappa shape index (κ3) is 2.79. The number of anilines is 1. The Morgan fingerprint density at radius 2 is 2.03 bits per heavy atom. The van der Waals surface area contributed by atoms with E-state index < -0.39 is 0 Å². The summed E-state index contributed by atoms with van der Waals surface area (Å²) < 4.78 is 9.54. The van der Waals surface area contributed by atoms with Crippen LogP contribution in [0.25, 0.3) is 39.4 Å². The van der Waals surface area contributed by atoms with Crippen LogP contribution in [0.4, 0.5) is 5.82 Å². The minimum atomic E-state index is 0.182. The van der Waals surface area contributed by atoms with E-state index in [1.165, 1.54) is 0 Å². The molecule has 162 valence electrons. The van der Waals surface area contributed by atoms with Gasteiger partial charge in [-0.05, 0) is 26.0 Å². The molecule has 5 aromatic heterocycles. The Kier molecular flexibility index (Phi) is 4.22. The predicted molar refractivity (Wildman–Crippen MR) is 121 cm³/mol. The van der Waals surface area contributed by atoms with E-state index in [0.29, 0.717) is 19.0 Å². The normalized spacial score (nSPS) is 17.0. The molecule has 1 aliphatic rings. The third-order valence-corrected chi connectivity index (χ3v) is 6.02. The van der Waals surface area contributed by atoms with E-state index in [2.05, 4.69) is 26.9 Å². The third-order valence-electron chi connectivity index (χ3n) is 6.02. The number of aromatic nitrogens is 8. The molecule has 1 fully saturated rings. The summed E-state index contributed by atoms with van der Waals surface area (Å²) in [5.74, 6) is 3.20. The first-order chi connectivity index (χ1) is 15.6. The highest BCUT2D eigenvalue weighted by atomic mass is 16.5. The fraction of sp³-hybridized carbons (Fsp3) is 0.318. The lowest BCUT2D eigenvalue weighted by Gasteiger charge is -2.34. The Morgan fingerprint density at radius 3 is 2.84 bits per heavy atom. The highest BCUT2D eigenvalue weighted by Gasteiger charge is 2.27. The molecule has 6 heterocycles. The SMILES string of the molecule is Cc1nc2c(N3CCOC[C@H]3C)nc(-c3ccnc4[nH]ccc34)nc2n1-c1ccnn1C. The van der Waals surface area contributed by atoms with Gasteiger partial charge in [-0.2, -0.15) is 5.10 Å². The molecule has 1 aliphatic heterocycles. The van der Waals surface area contributed by atoms with Crippen molar-refractivity contribution in [3.05, 3.63) is 42.6 Å². The van der Waals surface area contributed by atoms with E-state index >= 15 is 0 Å². The zero-order chi connectivity index (χ0) is 21.8. The van der Waals surface area contributed by atoms with Gasteiger partial charge in [0.15, 0.2) is 22.8 Å². The number of ether oxygens (including phenoxy) is 1. The maximum Gasteiger partial charge on any atom is 0.172 e. The molecule has 0 saturated carbocycles. The Labute approximate surface area is 183 Å². The molecule has 1 N–H and O–H groups in total. The summed E-state index contributed by atoms with van der Waals surface area (Å²) in [4.78, 5) is 24.8. The molecule has 0 aromatic carbocycles. The molecular formula is C22H23N9O. The summed E-state index contributed by atoms with van der Waals surface area (Å²) in [5, 5.41) is 5.33. The summed E-state index contributed by atoms with van der Waals surface area (Å²) in [5.41, 5.74) is 3.27. The Bertz CT molecular complexity index is 1450. The molecule has 6 rings (SSSR count). The van der Waals surface area contributed by atoms with Crippen LogP contribution in [0.5, 0.6) is 0 Å². The second kappa shape index (κ2) is 7.13. The van der Waals surface area contributed by atoms with Gasteiger partial charge >= 0.3 is 0 Å². The van der Waals surface area contributed by atoms with Gasteiger partial charge in [0.1, 0.15) is 17.3 Å². The Morgan fingerprint density at radius 1 is 1.12 bits per heavy atom. The van der Waals surface area contributed by atoms with Gasteiger partial charge < -0.3 is 14.6 Å². The van der Waals surface area contributed by atoms with E-state index in [9.17, 15) is 0 Å². The fourth-order valence-corrected chi connectivity index (χ4v) is 4.43. The van der Waals surface area contributed by atoms with Crippen LogP contribution in [0.2, 0.25) is 0 Å². The van der Waals surface area contributed by atoms with Crippen LogP contribution < -0.4 is 4.90 Å². The van der Waals surface area contributed by atoms with E-state index in [1.54, 1.807) is 12.4 Å². The highest BCUT2D eigenvalue weighted by Crippen LogP contribution is 2.33. The molecule has 0 spiro atoms. The molecule has 0 aliphatic carbocycles. The van der Waals surface area contributed by atoms with Gasteiger partial charge in [-0.3, -0.25) is 9.25 Å². The lowest BCUT2D eigenvalue weighted by molar-refractivity contribution is 0.0987. The average Bonchev–Trinajstić information content (AvgIpc) is 3.51. The molecule has 1 atom stereocenters. The Balaban J connectivity index is 1.67. The monoisotopic (exact) mass is 429 g/mol. The van der Waals surface area contributed by atoms with Crippen molar-refractivity contribution in [3.8, 4) is 17.2 Å². The first kappa shape index (κ1) is 18.9. The number of pyridine rings is 1. The number of H-pyrrole nitrogens is 1. The molecule has 0 bridgehead atoms. The first-order valence-corrected chi connectivity index (χ1v) is 10.6. The molecule has 10 nitrogen and oxygen atoms in total. The molecule has 0 amide bonds. The number of morpholine rings is 1. The first-order valence-electron chi connectivity index (χ1n) is 10.6. The summed E-state index contributed by atoms with van der Waals surface area (Å²) in [6.45, 7) is 6.19. The largest absolute Gasteiger partial charge is 0.377 e. The second-order valence-electron chi connectivity index (χ2n) is 8.07. The van der Waals surface area contributed by atoms with E-state index in [0.717, 1.165) is 51.8 Å². The van der Waals surface area contributed by atoms with E-state index in [1.807, 2.05) is 47.6 Å². The van der Waals surface area contributed by atoms with Crippen molar-refractivity contribution in [3.63, 3.8) is 0 Å². The van der Waals surface area contributed by atoms with Crippen LogP contribution in [-0.2, 0) is 11.8 Å². The number of aryl methyl sites for hydroxylation is 2. The lowest BCUT2D eigenvalue weighted by Crippen LogP contribution is -2.44. The lowest BCUT2D eigenvalue weighted by atomic mass is 10.1. The molecule has 0 radical (unpaired) electrons. The van der Waals surface area contributed by atoms with Crippen molar-refractivity contribution < 1.29 is 4.74 Å². The smallest absolute Gasteiger partial charge is 0.172 e. The molecule has 10 heteroatoms. The standard InChI is InChI=1S/C22H23N9O/c1-13-12-32-11-10-30(13)21-18-22(31(14(2)26-18)17-6-9-25-29(17)3)28-20(27-21)16-5-8-24-19-15(16)4-7-23-19/h4-9,13H,10-12H2,1-3H3,(H,23,24)/t13-/m1/s1. The second-order valence-corrected chi connectivity index (χ2v) is 8.07. The van der Waals surface area contributed by atoms with Crippen molar-refractivity contribution in [1.29, 1.82) is 0 Å². The van der Waals surface area contributed by atoms with Crippen LogP contribution in [-0.4, -0.2) is 65.1 Å². The summed E-state index contributed by atoms with van der Waals surface area (Å²) >= 11 is 0. The van der Waals surface area contributed by atoms with Crippen molar-refractivity contribution in [2.45, 2.75) is 19.9 Å². The predicted octanol–water partition coefficient (Wildman–Crippen LogP) is 2.63. The van der Waals surface area contributed by atoms with Crippen LogP contribution in [0.15, 0.2) is 36.8 Å². The van der Waals surface area contributed by atoms with Crippen molar-refractivity contribution >= 4 is 28.0 Å². The topological polar surface area (TPSA) is 103 Å². The van der Waals surface area contributed by atoms with Gasteiger partial charge in [-0.1, -0.05) is 0 Å². The maximum atomic E-state index is 5.68. The Hall–Kier alpha value is -3.79. The fourth-order valence-electron chi connectivity index (χ4n) is 4.43. The zero-order valence-corrected chi connectivity index (χ0v) is 18.1. The number of nitrogens with one attached hydrogen (secondary N) is 1. The van der Waals surface area contributed by atoms with Crippen molar-refractivity contribution in [2.75, 3.05) is 24.7 Å². The average molecular weight is 429 g/mol. The van der Waals surface area contributed by atoms with E-state index in [-0.39, 0.29) is 6.04 Å². The minimum absolute atomic E-state index is 0.182. The van der Waals surface area contributed by atoms with E-state index in [4.69, 9.17) is 19.7 Å². The summed E-state index contributed by atoms with van der Waals surface area (Å²) in [7, 11) is 1.92. The van der Waals surface area contributed by atoms with Crippen molar-refractivity contribution in [1.82, 2.24) is 39.3 Å². The van der Waals surface area contributed by atoms with Gasteiger partial charge in [0.2, 0.25) is 0 Å². The minimum Gasteiger partial charge on any atom is -0.377 e. The number of rotatable bonds is 3. The van der Waals surface area contributed by atoms with Gasteiger partial charge in [0, 0.05) is 43.0 Å². The number of fused-ring (bicyclic) bond motifs is 2. The number of hydrogen-bond acceptors (Lipinski definition) is 7. The van der Waals surface area contributed by atoms with Crippen LogP contribution in [0.1, 0.15) is 12.7 Å². The van der Waals surface area contributed by atoms with Crippen molar-refractivity contribution in [2.24, 2.45) is 7.05 Å². The van der Waals surface area contributed by atoms with Crippen LogP contribution >= 0.6 is 0 Å². The number of aromatic amines is 1. The van der Waals surface area contributed by atoms with Gasteiger partial charge in [-0.15, -0.1) is 0 Å². The highest BCUT2D eigenvalue weighted by molar-refractivity contribution is 5.94.